The minimum Gasteiger partial charge on any atom is -0.468 e. The van der Waals surface area contributed by atoms with E-state index in [0.717, 1.165) is 4.90 Å². The Balaban J connectivity index is 2.52. The fourth-order valence-electron chi connectivity index (χ4n) is 0.729. The van der Waals surface area contributed by atoms with Crippen molar-refractivity contribution in [1.82, 2.24) is 4.98 Å². The van der Waals surface area contributed by atoms with Gasteiger partial charge in [0.2, 0.25) is 5.88 Å². The summed E-state index contributed by atoms with van der Waals surface area (Å²) in [7, 11) is 0. The number of hydrogen-bond donors (Lipinski definition) is 0. The Morgan fingerprint density at radius 2 is 2.14 bits per heavy atom. The molecule has 0 N–H and O–H groups in total. The molecule has 0 aliphatic rings. The van der Waals surface area contributed by atoms with Crippen LogP contribution in [-0.4, -0.2) is 24.0 Å². The molecule has 0 unspecified atom stereocenters. The maximum Gasteiger partial charge on any atom is 0.422 e. The SMILES string of the molecule is CSc1ccc(OCC(F)(F)F)nc1. The van der Waals surface area contributed by atoms with Gasteiger partial charge < -0.3 is 4.74 Å². The predicted molar refractivity (Wildman–Crippen MR) is 47.6 cm³/mol. The molecule has 0 spiro atoms. The first-order chi connectivity index (χ1) is 6.51. The Morgan fingerprint density at radius 1 is 1.43 bits per heavy atom. The molecule has 0 aromatic carbocycles. The summed E-state index contributed by atoms with van der Waals surface area (Å²) >= 11 is 1.46. The number of rotatable bonds is 3. The van der Waals surface area contributed by atoms with Gasteiger partial charge in [-0.2, -0.15) is 13.2 Å². The van der Waals surface area contributed by atoms with Crippen molar-refractivity contribution in [3.63, 3.8) is 0 Å². The topological polar surface area (TPSA) is 22.1 Å². The zero-order chi connectivity index (χ0) is 10.6. The Morgan fingerprint density at radius 3 is 2.57 bits per heavy atom. The summed E-state index contributed by atoms with van der Waals surface area (Å²) in [6.07, 6.45) is -0.997. The van der Waals surface area contributed by atoms with Gasteiger partial charge in [0.05, 0.1) is 0 Å². The summed E-state index contributed by atoms with van der Waals surface area (Å²) in [5.41, 5.74) is 0. The highest BCUT2D eigenvalue weighted by molar-refractivity contribution is 7.98. The van der Waals surface area contributed by atoms with E-state index in [9.17, 15) is 13.2 Å². The molecule has 78 valence electrons. The van der Waals surface area contributed by atoms with Crippen LogP contribution in [0.5, 0.6) is 5.88 Å². The lowest BCUT2D eigenvalue weighted by Gasteiger charge is -2.07. The maximum atomic E-state index is 11.7. The number of aromatic nitrogens is 1. The summed E-state index contributed by atoms with van der Waals surface area (Å²) in [5.74, 6) is -0.0138. The summed E-state index contributed by atoms with van der Waals surface area (Å²) in [6, 6.07) is 3.07. The average molecular weight is 223 g/mol. The molecule has 0 atom stereocenters. The molecule has 0 saturated heterocycles. The number of pyridine rings is 1. The standard InChI is InChI=1S/C8H8F3NOS/c1-14-6-2-3-7(12-4-6)13-5-8(9,10)11/h2-4H,5H2,1H3. The normalized spacial score (nSPS) is 11.4. The van der Waals surface area contributed by atoms with Gasteiger partial charge in [-0.15, -0.1) is 11.8 Å². The lowest BCUT2D eigenvalue weighted by molar-refractivity contribution is -0.154. The van der Waals surface area contributed by atoms with Crippen LogP contribution in [0.3, 0.4) is 0 Å². The van der Waals surface area contributed by atoms with Crippen molar-refractivity contribution in [2.45, 2.75) is 11.1 Å². The van der Waals surface area contributed by atoms with Crippen molar-refractivity contribution in [2.24, 2.45) is 0 Å². The van der Waals surface area contributed by atoms with Crippen molar-refractivity contribution in [3.05, 3.63) is 18.3 Å². The van der Waals surface area contributed by atoms with Crippen molar-refractivity contribution < 1.29 is 17.9 Å². The molecule has 14 heavy (non-hydrogen) atoms. The van der Waals surface area contributed by atoms with E-state index >= 15 is 0 Å². The Kier molecular flexibility index (Phi) is 3.62. The highest BCUT2D eigenvalue weighted by Crippen LogP contribution is 2.19. The smallest absolute Gasteiger partial charge is 0.422 e. The fraction of sp³-hybridized carbons (Fsp3) is 0.375. The molecule has 0 aliphatic heterocycles. The lowest BCUT2D eigenvalue weighted by Crippen LogP contribution is -2.19. The highest BCUT2D eigenvalue weighted by Gasteiger charge is 2.28. The molecule has 6 heteroatoms. The number of ether oxygens (including phenoxy) is 1. The molecule has 0 amide bonds. The molecule has 0 aliphatic carbocycles. The van der Waals surface area contributed by atoms with Crippen LogP contribution in [-0.2, 0) is 0 Å². The molecule has 1 aromatic rings. The summed E-state index contributed by atoms with van der Waals surface area (Å²) in [5, 5.41) is 0. The zero-order valence-corrected chi connectivity index (χ0v) is 8.15. The van der Waals surface area contributed by atoms with Gasteiger partial charge in [0.15, 0.2) is 6.61 Å². The minimum absolute atomic E-state index is 0.0138. The second-order valence-corrected chi connectivity index (χ2v) is 3.32. The first-order valence-corrected chi connectivity index (χ1v) is 4.93. The van der Waals surface area contributed by atoms with Crippen molar-refractivity contribution >= 4 is 11.8 Å². The summed E-state index contributed by atoms with van der Waals surface area (Å²) < 4.78 is 39.6. The third kappa shape index (κ3) is 3.87. The highest BCUT2D eigenvalue weighted by atomic mass is 32.2. The van der Waals surface area contributed by atoms with Gasteiger partial charge in [0.25, 0.3) is 0 Å². The van der Waals surface area contributed by atoms with Crippen LogP contribution in [0.4, 0.5) is 13.2 Å². The van der Waals surface area contributed by atoms with Crippen molar-refractivity contribution in [3.8, 4) is 5.88 Å². The van der Waals surface area contributed by atoms with E-state index in [1.54, 1.807) is 6.07 Å². The van der Waals surface area contributed by atoms with E-state index in [-0.39, 0.29) is 5.88 Å². The van der Waals surface area contributed by atoms with Crippen LogP contribution in [0.25, 0.3) is 0 Å². The Hall–Kier alpha value is -0.910. The Bertz CT molecular complexity index is 286. The van der Waals surface area contributed by atoms with Gasteiger partial charge in [-0.25, -0.2) is 4.98 Å². The van der Waals surface area contributed by atoms with E-state index < -0.39 is 12.8 Å². The van der Waals surface area contributed by atoms with E-state index in [1.165, 1.54) is 24.0 Å². The molecule has 0 fully saturated rings. The van der Waals surface area contributed by atoms with E-state index in [1.807, 2.05) is 6.26 Å². The summed E-state index contributed by atoms with van der Waals surface area (Å²) in [6.45, 7) is -1.31. The molecule has 0 saturated carbocycles. The second-order valence-electron chi connectivity index (χ2n) is 2.44. The molecular formula is C8H8F3NOS. The van der Waals surface area contributed by atoms with Crippen LogP contribution in [0.2, 0.25) is 0 Å². The van der Waals surface area contributed by atoms with E-state index in [2.05, 4.69) is 9.72 Å². The van der Waals surface area contributed by atoms with E-state index in [4.69, 9.17) is 0 Å². The van der Waals surface area contributed by atoms with Crippen LogP contribution in [0.15, 0.2) is 23.2 Å². The zero-order valence-electron chi connectivity index (χ0n) is 7.34. The number of thioether (sulfide) groups is 1. The van der Waals surface area contributed by atoms with Gasteiger partial charge in [-0.05, 0) is 12.3 Å². The van der Waals surface area contributed by atoms with E-state index in [0.29, 0.717) is 0 Å². The van der Waals surface area contributed by atoms with Gasteiger partial charge in [0.1, 0.15) is 0 Å². The molecule has 0 radical (unpaired) electrons. The first kappa shape index (κ1) is 11.2. The molecule has 0 bridgehead atoms. The minimum atomic E-state index is -4.32. The Labute approximate surface area is 83.5 Å². The van der Waals surface area contributed by atoms with Gasteiger partial charge in [-0.3, -0.25) is 0 Å². The van der Waals surface area contributed by atoms with Crippen LogP contribution in [0.1, 0.15) is 0 Å². The number of hydrogen-bond acceptors (Lipinski definition) is 3. The van der Waals surface area contributed by atoms with Crippen LogP contribution >= 0.6 is 11.8 Å². The molecule has 1 rings (SSSR count). The monoisotopic (exact) mass is 223 g/mol. The second kappa shape index (κ2) is 4.54. The van der Waals surface area contributed by atoms with Crippen LogP contribution < -0.4 is 4.74 Å². The largest absolute Gasteiger partial charge is 0.468 e. The molecule has 1 heterocycles. The molecular weight excluding hydrogens is 215 g/mol. The molecule has 2 nitrogen and oxygen atoms in total. The fourth-order valence-corrected chi connectivity index (χ4v) is 1.09. The quantitative estimate of drug-likeness (QED) is 0.735. The maximum absolute atomic E-state index is 11.7. The first-order valence-electron chi connectivity index (χ1n) is 3.71. The number of halogens is 3. The van der Waals surface area contributed by atoms with Gasteiger partial charge in [0, 0.05) is 17.2 Å². The third-order valence-corrected chi connectivity index (χ3v) is 2.04. The summed E-state index contributed by atoms with van der Waals surface area (Å²) in [4.78, 5) is 4.59. The lowest BCUT2D eigenvalue weighted by atomic mass is 10.5. The third-order valence-electron chi connectivity index (χ3n) is 1.33. The van der Waals surface area contributed by atoms with Gasteiger partial charge in [-0.1, -0.05) is 0 Å². The number of alkyl halides is 3. The number of nitrogens with zero attached hydrogens (tertiary/aromatic N) is 1. The van der Waals surface area contributed by atoms with Crippen molar-refractivity contribution in [1.29, 1.82) is 0 Å². The predicted octanol–water partition coefficient (Wildman–Crippen LogP) is 2.74. The van der Waals surface area contributed by atoms with Gasteiger partial charge >= 0.3 is 6.18 Å². The van der Waals surface area contributed by atoms with Crippen LogP contribution in [0, 0.1) is 0 Å². The average Bonchev–Trinajstić information content (AvgIpc) is 2.14. The molecule has 1 aromatic heterocycles. The van der Waals surface area contributed by atoms with Crippen molar-refractivity contribution in [2.75, 3.05) is 12.9 Å².